The van der Waals surface area contributed by atoms with Crippen LogP contribution in [0, 0.1) is 12.7 Å². The highest BCUT2D eigenvalue weighted by atomic mass is 32.2. The van der Waals surface area contributed by atoms with Gasteiger partial charge in [-0.15, -0.1) is 11.8 Å². The van der Waals surface area contributed by atoms with Gasteiger partial charge in [0.15, 0.2) is 5.82 Å². The van der Waals surface area contributed by atoms with Crippen molar-refractivity contribution in [2.24, 2.45) is 0 Å². The van der Waals surface area contributed by atoms with Crippen LogP contribution >= 0.6 is 11.8 Å². The van der Waals surface area contributed by atoms with Gasteiger partial charge in [0.05, 0.1) is 11.0 Å². The maximum absolute atomic E-state index is 13.4. The Bertz CT molecular complexity index is 822. The highest BCUT2D eigenvalue weighted by Gasteiger charge is 2.32. The molecule has 0 spiro atoms. The molecule has 8 heteroatoms. The number of nitrogens with zero attached hydrogens (tertiary/aromatic N) is 2. The lowest BCUT2D eigenvalue weighted by molar-refractivity contribution is -0.129. The molecule has 0 saturated heterocycles. The molecule has 1 unspecified atom stereocenters. The first-order chi connectivity index (χ1) is 12.9. The number of benzene rings is 1. The van der Waals surface area contributed by atoms with Crippen molar-refractivity contribution >= 4 is 29.4 Å². The molecule has 6 nitrogen and oxygen atoms in total. The maximum atomic E-state index is 13.4. The number of nitrogens with one attached hydrogen (secondary N) is 1. The van der Waals surface area contributed by atoms with E-state index in [-0.39, 0.29) is 29.4 Å². The van der Waals surface area contributed by atoms with Gasteiger partial charge in [-0.25, -0.2) is 4.39 Å². The number of anilines is 1. The van der Waals surface area contributed by atoms with Crippen LogP contribution < -0.4 is 5.32 Å². The minimum absolute atomic E-state index is 0.0382. The fraction of sp³-hybridized carbons (Fsp3) is 0.421. The van der Waals surface area contributed by atoms with E-state index in [0.29, 0.717) is 18.1 Å². The Balaban J connectivity index is 1.52. The number of aromatic nitrogens is 1. The van der Waals surface area contributed by atoms with Gasteiger partial charge in [0.1, 0.15) is 11.6 Å². The van der Waals surface area contributed by atoms with Crippen molar-refractivity contribution < 1.29 is 18.5 Å². The molecule has 1 aliphatic carbocycles. The minimum atomic E-state index is -0.416. The van der Waals surface area contributed by atoms with E-state index in [1.807, 2.05) is 6.07 Å². The average molecular weight is 391 g/mol. The number of hydrogen-bond acceptors (Lipinski definition) is 5. The van der Waals surface area contributed by atoms with Crippen molar-refractivity contribution in [2.75, 3.05) is 11.1 Å². The molecular weight excluding hydrogens is 369 g/mol. The van der Waals surface area contributed by atoms with Crippen LogP contribution in [0.2, 0.25) is 0 Å². The molecular formula is C19H22FN3O3S. The third kappa shape index (κ3) is 5.56. The SMILES string of the molecule is Cc1cc(NC(=O)C(C)SCC(=O)N(Cc2cccc(F)c2)C2CC2)no1. The zero-order chi connectivity index (χ0) is 19.4. The largest absolute Gasteiger partial charge is 0.360 e. The van der Waals surface area contributed by atoms with E-state index in [9.17, 15) is 14.0 Å². The molecule has 2 amide bonds. The molecule has 0 aliphatic heterocycles. The van der Waals surface area contributed by atoms with Gasteiger partial charge >= 0.3 is 0 Å². The third-order valence-corrected chi connectivity index (χ3v) is 5.38. The predicted octanol–water partition coefficient (Wildman–Crippen LogP) is 3.37. The zero-order valence-electron chi connectivity index (χ0n) is 15.3. The predicted molar refractivity (Wildman–Crippen MR) is 102 cm³/mol. The lowest BCUT2D eigenvalue weighted by Crippen LogP contribution is -2.35. The van der Waals surface area contributed by atoms with E-state index in [2.05, 4.69) is 10.5 Å². The number of hydrogen-bond donors (Lipinski definition) is 1. The quantitative estimate of drug-likeness (QED) is 0.747. The van der Waals surface area contributed by atoms with Gasteiger partial charge in [0, 0.05) is 18.7 Å². The number of carbonyl (C=O) groups excluding carboxylic acids is 2. The van der Waals surface area contributed by atoms with Crippen LogP contribution in [0.5, 0.6) is 0 Å². The van der Waals surface area contributed by atoms with E-state index in [1.54, 1.807) is 30.9 Å². The molecule has 1 aromatic carbocycles. The molecule has 144 valence electrons. The van der Waals surface area contributed by atoms with Crippen LogP contribution in [0.3, 0.4) is 0 Å². The Morgan fingerprint density at radius 3 is 2.81 bits per heavy atom. The number of halogens is 1. The van der Waals surface area contributed by atoms with Gasteiger partial charge in [-0.3, -0.25) is 9.59 Å². The summed E-state index contributed by atoms with van der Waals surface area (Å²) < 4.78 is 18.3. The molecule has 1 aliphatic rings. The summed E-state index contributed by atoms with van der Waals surface area (Å²) in [6.45, 7) is 3.87. The molecule has 1 aromatic heterocycles. The van der Waals surface area contributed by atoms with Crippen molar-refractivity contribution in [1.29, 1.82) is 0 Å². The van der Waals surface area contributed by atoms with Gasteiger partial charge in [0.2, 0.25) is 11.8 Å². The van der Waals surface area contributed by atoms with Crippen molar-refractivity contribution in [3.05, 3.63) is 47.5 Å². The average Bonchev–Trinajstić information content (AvgIpc) is 3.39. The van der Waals surface area contributed by atoms with Crippen molar-refractivity contribution in [2.45, 2.75) is 44.5 Å². The Morgan fingerprint density at radius 2 is 2.19 bits per heavy atom. The van der Waals surface area contributed by atoms with Gasteiger partial charge in [0.25, 0.3) is 0 Å². The molecule has 1 N–H and O–H groups in total. The molecule has 0 bridgehead atoms. The van der Waals surface area contributed by atoms with Crippen molar-refractivity contribution in [1.82, 2.24) is 10.1 Å². The van der Waals surface area contributed by atoms with Gasteiger partial charge in [-0.05, 0) is 44.4 Å². The Kier molecular flexibility index (Phi) is 6.15. The maximum Gasteiger partial charge on any atom is 0.238 e. The van der Waals surface area contributed by atoms with Crippen molar-refractivity contribution in [3.63, 3.8) is 0 Å². The third-order valence-electron chi connectivity index (χ3n) is 4.26. The standard InChI is InChI=1S/C19H22FN3O3S/c1-12-8-17(22-26-12)21-19(25)13(2)27-11-18(24)23(16-6-7-16)10-14-4-3-5-15(20)9-14/h3-5,8-9,13,16H,6-7,10-11H2,1-2H3,(H,21,22,25). The lowest BCUT2D eigenvalue weighted by atomic mass is 10.2. The summed E-state index contributed by atoms with van der Waals surface area (Å²) >= 11 is 1.27. The zero-order valence-corrected chi connectivity index (χ0v) is 16.1. The topological polar surface area (TPSA) is 75.4 Å². The first kappa shape index (κ1) is 19.4. The molecule has 1 heterocycles. The van der Waals surface area contributed by atoms with Crippen molar-refractivity contribution in [3.8, 4) is 0 Å². The highest BCUT2D eigenvalue weighted by molar-refractivity contribution is 8.01. The molecule has 27 heavy (non-hydrogen) atoms. The van der Waals surface area contributed by atoms with Crippen LogP contribution in [0.25, 0.3) is 0 Å². The van der Waals surface area contributed by atoms with Gasteiger partial charge in [-0.1, -0.05) is 17.3 Å². The molecule has 1 saturated carbocycles. The summed E-state index contributed by atoms with van der Waals surface area (Å²) in [5, 5.41) is 5.97. The Morgan fingerprint density at radius 1 is 1.41 bits per heavy atom. The number of rotatable bonds is 8. The number of aryl methyl sites for hydroxylation is 1. The van der Waals surface area contributed by atoms with Crippen LogP contribution in [0.15, 0.2) is 34.9 Å². The van der Waals surface area contributed by atoms with Crippen LogP contribution in [-0.2, 0) is 16.1 Å². The second kappa shape index (κ2) is 8.56. The summed E-state index contributed by atoms with van der Waals surface area (Å²) in [5.74, 6) is 0.588. The van der Waals surface area contributed by atoms with Crippen LogP contribution in [0.1, 0.15) is 31.1 Å². The summed E-state index contributed by atoms with van der Waals surface area (Å²) in [5.41, 5.74) is 0.771. The fourth-order valence-electron chi connectivity index (χ4n) is 2.65. The molecule has 3 rings (SSSR count). The monoisotopic (exact) mass is 391 g/mol. The van der Waals surface area contributed by atoms with E-state index >= 15 is 0 Å². The first-order valence-electron chi connectivity index (χ1n) is 8.82. The summed E-state index contributed by atoms with van der Waals surface area (Å²) in [6.07, 6.45) is 1.93. The summed E-state index contributed by atoms with van der Waals surface area (Å²) in [4.78, 5) is 26.6. The summed E-state index contributed by atoms with van der Waals surface area (Å²) in [7, 11) is 0. The Labute approximate surface area is 161 Å². The fourth-order valence-corrected chi connectivity index (χ4v) is 3.42. The van der Waals surface area contributed by atoms with Gasteiger partial charge < -0.3 is 14.7 Å². The van der Waals surface area contributed by atoms with Crippen LogP contribution in [-0.4, -0.2) is 38.9 Å². The normalized spacial score (nSPS) is 14.6. The smallest absolute Gasteiger partial charge is 0.238 e. The van der Waals surface area contributed by atoms with E-state index < -0.39 is 5.25 Å². The highest BCUT2D eigenvalue weighted by Crippen LogP contribution is 2.29. The summed E-state index contributed by atoms with van der Waals surface area (Å²) in [6, 6.07) is 8.14. The molecule has 2 aromatic rings. The minimum Gasteiger partial charge on any atom is -0.360 e. The molecule has 1 atom stereocenters. The molecule has 0 radical (unpaired) electrons. The number of carbonyl (C=O) groups is 2. The van der Waals surface area contributed by atoms with Crippen LogP contribution in [0.4, 0.5) is 10.2 Å². The Hall–Kier alpha value is -2.35. The van der Waals surface area contributed by atoms with Gasteiger partial charge in [-0.2, -0.15) is 0 Å². The number of amides is 2. The number of thioether (sulfide) groups is 1. The first-order valence-corrected chi connectivity index (χ1v) is 9.87. The molecule has 1 fully saturated rings. The van der Waals surface area contributed by atoms with E-state index in [1.165, 1.54) is 23.9 Å². The lowest BCUT2D eigenvalue weighted by Gasteiger charge is -2.23. The van der Waals surface area contributed by atoms with E-state index in [0.717, 1.165) is 18.4 Å². The second-order valence-electron chi connectivity index (χ2n) is 6.65. The van der Waals surface area contributed by atoms with E-state index in [4.69, 9.17) is 4.52 Å². The second-order valence-corrected chi connectivity index (χ2v) is 7.98.